The van der Waals surface area contributed by atoms with Crippen molar-refractivity contribution in [3.63, 3.8) is 0 Å². The average molecular weight is 383 g/mol. The fourth-order valence-corrected chi connectivity index (χ4v) is 4.97. The average Bonchev–Trinajstić information content (AvgIpc) is 3.34. The van der Waals surface area contributed by atoms with Crippen LogP contribution in [0, 0.1) is 5.92 Å². The second-order valence-electron chi connectivity index (χ2n) is 6.88. The maximum atomic E-state index is 13.2. The molecule has 0 radical (unpaired) electrons. The Morgan fingerprint density at radius 3 is 2.85 bits per heavy atom. The Balaban J connectivity index is 1.78. The zero-order valence-corrected chi connectivity index (χ0v) is 16.1. The van der Waals surface area contributed by atoms with Crippen LogP contribution in [0.2, 0.25) is 0 Å². The Morgan fingerprint density at radius 2 is 2.19 bits per heavy atom. The van der Waals surface area contributed by atoms with Crippen LogP contribution in [0.3, 0.4) is 0 Å². The van der Waals surface area contributed by atoms with Crippen LogP contribution < -0.4 is 0 Å². The van der Waals surface area contributed by atoms with Gasteiger partial charge in [0.15, 0.2) is 5.78 Å². The molecule has 1 aliphatic heterocycles. The molecule has 2 aromatic rings. The van der Waals surface area contributed by atoms with Gasteiger partial charge in [0.05, 0.1) is 12.9 Å². The van der Waals surface area contributed by atoms with Crippen molar-refractivity contribution in [3.05, 3.63) is 57.8 Å². The van der Waals surface area contributed by atoms with E-state index in [-0.39, 0.29) is 23.6 Å². The molecule has 4 rings (SSSR count). The summed E-state index contributed by atoms with van der Waals surface area (Å²) in [6.07, 6.45) is 2.64. The van der Waals surface area contributed by atoms with E-state index in [1.165, 1.54) is 0 Å². The number of allylic oxidation sites excluding steroid dienone is 2. The summed E-state index contributed by atoms with van der Waals surface area (Å²) in [5.41, 5.74) is 2.16. The largest absolute Gasteiger partial charge is 0.469 e. The Morgan fingerprint density at radius 1 is 1.33 bits per heavy atom. The van der Waals surface area contributed by atoms with Crippen molar-refractivity contribution in [2.24, 2.45) is 10.9 Å². The number of Topliss-reactive ketones (excluding diaryl/α,β-unsaturated/α-hetero) is 1. The smallest absolute Gasteiger partial charge is 0.315 e. The summed E-state index contributed by atoms with van der Waals surface area (Å²) in [4.78, 5) is 31.6. The van der Waals surface area contributed by atoms with Gasteiger partial charge in [0.2, 0.25) is 0 Å². The summed E-state index contributed by atoms with van der Waals surface area (Å²) in [7, 11) is 0. The van der Waals surface area contributed by atoms with E-state index in [4.69, 9.17) is 14.1 Å². The number of aliphatic imine (C=N–C) groups is 1. The SMILES string of the molecule is CCOC(=O)C1C(C)=NC2=C(C(=O)C[C@@H](c3ccco3)C2)[C@@H]1c1cccs1. The Labute approximate surface area is 161 Å². The molecule has 0 spiro atoms. The maximum absolute atomic E-state index is 13.2. The van der Waals surface area contributed by atoms with Crippen molar-refractivity contribution >= 4 is 28.8 Å². The van der Waals surface area contributed by atoms with Crippen LogP contribution in [-0.4, -0.2) is 24.1 Å². The van der Waals surface area contributed by atoms with Gasteiger partial charge in [-0.2, -0.15) is 0 Å². The fraction of sp³-hybridized carbons (Fsp3) is 0.381. The molecule has 5 nitrogen and oxygen atoms in total. The number of carbonyl (C=O) groups is 2. The zero-order chi connectivity index (χ0) is 19.0. The summed E-state index contributed by atoms with van der Waals surface area (Å²) in [5.74, 6) is -0.340. The molecule has 140 valence electrons. The minimum Gasteiger partial charge on any atom is -0.469 e. The van der Waals surface area contributed by atoms with Gasteiger partial charge < -0.3 is 9.15 Å². The number of esters is 1. The van der Waals surface area contributed by atoms with Crippen molar-refractivity contribution in [3.8, 4) is 0 Å². The van der Waals surface area contributed by atoms with E-state index in [9.17, 15) is 9.59 Å². The highest BCUT2D eigenvalue weighted by molar-refractivity contribution is 7.10. The Kier molecular flexibility index (Phi) is 4.83. The van der Waals surface area contributed by atoms with Crippen molar-refractivity contribution in [2.45, 2.75) is 38.5 Å². The van der Waals surface area contributed by atoms with E-state index in [1.54, 1.807) is 24.5 Å². The van der Waals surface area contributed by atoms with Gasteiger partial charge in [-0.3, -0.25) is 14.6 Å². The number of hydrogen-bond donors (Lipinski definition) is 0. The lowest BCUT2D eigenvalue weighted by Crippen LogP contribution is -2.37. The van der Waals surface area contributed by atoms with Crippen LogP contribution in [0.1, 0.15) is 49.2 Å². The minimum absolute atomic E-state index is 0.00840. The van der Waals surface area contributed by atoms with Crippen LogP contribution in [0.15, 0.2) is 56.6 Å². The highest BCUT2D eigenvalue weighted by atomic mass is 32.1. The molecule has 0 saturated heterocycles. The Bertz CT molecular complexity index is 908. The van der Waals surface area contributed by atoms with Crippen LogP contribution in [0.25, 0.3) is 0 Å². The number of rotatable bonds is 4. The number of furan rings is 1. The third-order valence-corrected chi connectivity index (χ3v) is 6.18. The first kappa shape index (κ1) is 17.9. The number of nitrogens with zero attached hydrogens (tertiary/aromatic N) is 1. The van der Waals surface area contributed by atoms with Crippen LogP contribution in [0.4, 0.5) is 0 Å². The molecule has 2 aromatic heterocycles. The molecule has 3 heterocycles. The predicted molar refractivity (Wildman–Crippen MR) is 103 cm³/mol. The first-order valence-electron chi connectivity index (χ1n) is 9.15. The summed E-state index contributed by atoms with van der Waals surface area (Å²) >= 11 is 1.56. The second-order valence-corrected chi connectivity index (χ2v) is 7.86. The first-order chi connectivity index (χ1) is 13.1. The topological polar surface area (TPSA) is 68.9 Å². The molecule has 27 heavy (non-hydrogen) atoms. The molecule has 0 aromatic carbocycles. The number of thiophene rings is 1. The molecule has 1 aliphatic carbocycles. The van der Waals surface area contributed by atoms with Crippen LogP contribution in [-0.2, 0) is 14.3 Å². The van der Waals surface area contributed by atoms with Crippen LogP contribution in [0.5, 0.6) is 0 Å². The summed E-state index contributed by atoms with van der Waals surface area (Å²) < 4.78 is 10.8. The fourth-order valence-electron chi connectivity index (χ4n) is 4.10. The summed E-state index contributed by atoms with van der Waals surface area (Å²) in [5, 5.41) is 1.97. The van der Waals surface area contributed by atoms with E-state index in [0.29, 0.717) is 30.7 Å². The maximum Gasteiger partial charge on any atom is 0.315 e. The third-order valence-electron chi connectivity index (χ3n) is 5.22. The van der Waals surface area contributed by atoms with Crippen molar-refractivity contribution < 1.29 is 18.7 Å². The van der Waals surface area contributed by atoms with Gasteiger partial charge >= 0.3 is 5.97 Å². The van der Waals surface area contributed by atoms with Gasteiger partial charge in [0, 0.05) is 46.5 Å². The molecule has 0 saturated carbocycles. The Hall–Kier alpha value is -2.47. The number of ketones is 1. The van der Waals surface area contributed by atoms with Crippen molar-refractivity contribution in [2.75, 3.05) is 6.61 Å². The standard InChI is InChI=1S/C21H21NO4S/c1-3-25-21(24)18-12(2)22-14-10-13(16-6-4-8-26-16)11-15(23)19(14)20(18)17-7-5-9-27-17/h4-9,13,18,20H,3,10-11H2,1-2H3/t13-,18?,20+/m0/s1. The quantitative estimate of drug-likeness (QED) is 0.730. The number of hydrogen-bond acceptors (Lipinski definition) is 6. The van der Waals surface area contributed by atoms with Gasteiger partial charge in [-0.25, -0.2) is 0 Å². The van der Waals surface area contributed by atoms with Gasteiger partial charge in [0.25, 0.3) is 0 Å². The molecule has 1 unspecified atom stereocenters. The second kappa shape index (κ2) is 7.27. The minimum atomic E-state index is -0.550. The first-order valence-corrected chi connectivity index (χ1v) is 10.0. The highest BCUT2D eigenvalue weighted by Gasteiger charge is 2.45. The van der Waals surface area contributed by atoms with Crippen LogP contribution >= 0.6 is 11.3 Å². The van der Waals surface area contributed by atoms with Crippen molar-refractivity contribution in [1.29, 1.82) is 0 Å². The lowest BCUT2D eigenvalue weighted by atomic mass is 9.72. The molecule has 2 aliphatic rings. The van der Waals surface area contributed by atoms with E-state index in [0.717, 1.165) is 16.3 Å². The van der Waals surface area contributed by atoms with Crippen molar-refractivity contribution in [1.82, 2.24) is 0 Å². The summed E-state index contributed by atoms with van der Waals surface area (Å²) in [6.45, 7) is 3.95. The molecule has 0 fully saturated rings. The van der Waals surface area contributed by atoms with E-state index >= 15 is 0 Å². The van der Waals surface area contributed by atoms with Gasteiger partial charge in [-0.05, 0) is 37.4 Å². The lowest BCUT2D eigenvalue weighted by molar-refractivity contribution is -0.146. The number of carbonyl (C=O) groups excluding carboxylic acids is 2. The molecular formula is C21H21NO4S. The molecule has 6 heteroatoms. The van der Waals surface area contributed by atoms with Gasteiger partial charge in [-0.15, -0.1) is 11.3 Å². The molecule has 0 bridgehead atoms. The monoisotopic (exact) mass is 383 g/mol. The van der Waals surface area contributed by atoms with Gasteiger partial charge in [0.1, 0.15) is 11.7 Å². The molecule has 0 N–H and O–H groups in total. The highest BCUT2D eigenvalue weighted by Crippen LogP contribution is 2.47. The normalized spacial score (nSPS) is 25.2. The predicted octanol–water partition coefficient (Wildman–Crippen LogP) is 4.48. The zero-order valence-electron chi connectivity index (χ0n) is 15.3. The van der Waals surface area contributed by atoms with Gasteiger partial charge in [-0.1, -0.05) is 6.07 Å². The number of ether oxygens (including phenoxy) is 1. The van der Waals surface area contributed by atoms with E-state index in [2.05, 4.69) is 0 Å². The third kappa shape index (κ3) is 3.18. The summed E-state index contributed by atoms with van der Waals surface area (Å²) in [6, 6.07) is 7.67. The lowest BCUT2D eigenvalue weighted by Gasteiger charge is -2.35. The molecular weight excluding hydrogens is 362 g/mol. The molecule has 0 amide bonds. The molecule has 3 atom stereocenters. The van der Waals surface area contributed by atoms with E-state index < -0.39 is 5.92 Å². The van der Waals surface area contributed by atoms with E-state index in [1.807, 2.05) is 36.6 Å².